The fourth-order valence-electron chi connectivity index (χ4n) is 1.05. The number of carboxylic acid groups (broad SMARTS) is 1. The molecule has 0 aromatic carbocycles. The lowest BCUT2D eigenvalue weighted by atomic mass is 10.0. The van der Waals surface area contributed by atoms with Crippen molar-refractivity contribution in [3.63, 3.8) is 0 Å². The van der Waals surface area contributed by atoms with Crippen LogP contribution in [0.4, 0.5) is 0 Å². The summed E-state index contributed by atoms with van der Waals surface area (Å²) < 4.78 is 4.97. The van der Waals surface area contributed by atoms with Crippen molar-refractivity contribution in [3.8, 4) is 0 Å². The Morgan fingerprint density at radius 2 is 2.00 bits per heavy atom. The number of hydrogen-bond donors (Lipinski definition) is 2. The van der Waals surface area contributed by atoms with Crippen LogP contribution >= 0.6 is 0 Å². The molecule has 0 saturated heterocycles. The van der Waals surface area contributed by atoms with E-state index in [0.717, 1.165) is 0 Å². The summed E-state index contributed by atoms with van der Waals surface area (Å²) in [5.74, 6) is -1.35. The SMILES string of the molecule is COC(CN)CC(=O)N(C)C(C)(C)C(=O)O. The predicted octanol–water partition coefficient (Wildman–Crippen LogP) is -0.328. The maximum absolute atomic E-state index is 11.7. The molecule has 0 radical (unpaired) electrons. The van der Waals surface area contributed by atoms with Gasteiger partial charge in [0.25, 0.3) is 0 Å². The van der Waals surface area contributed by atoms with Gasteiger partial charge >= 0.3 is 5.97 Å². The lowest BCUT2D eigenvalue weighted by Gasteiger charge is -2.32. The quantitative estimate of drug-likeness (QED) is 0.654. The van der Waals surface area contributed by atoms with Crippen molar-refractivity contribution < 1.29 is 19.4 Å². The molecule has 1 atom stereocenters. The van der Waals surface area contributed by atoms with Crippen LogP contribution in [-0.2, 0) is 14.3 Å². The number of amides is 1. The van der Waals surface area contributed by atoms with E-state index in [2.05, 4.69) is 0 Å². The van der Waals surface area contributed by atoms with Gasteiger partial charge in [0.1, 0.15) is 5.54 Å². The van der Waals surface area contributed by atoms with Crippen LogP contribution < -0.4 is 5.73 Å². The zero-order valence-electron chi connectivity index (χ0n) is 10.2. The molecule has 0 fully saturated rings. The Hall–Kier alpha value is -1.14. The highest BCUT2D eigenvalue weighted by molar-refractivity contribution is 5.86. The minimum Gasteiger partial charge on any atom is -0.480 e. The molecule has 0 aliphatic rings. The van der Waals surface area contributed by atoms with Gasteiger partial charge in [-0.05, 0) is 13.8 Å². The van der Waals surface area contributed by atoms with Gasteiger partial charge in [-0.2, -0.15) is 0 Å². The molecule has 6 nitrogen and oxygen atoms in total. The number of nitrogens with zero attached hydrogens (tertiary/aromatic N) is 1. The molecule has 1 amide bonds. The Kier molecular flexibility index (Phi) is 5.40. The highest BCUT2D eigenvalue weighted by Gasteiger charge is 2.35. The molecular weight excluding hydrogens is 212 g/mol. The molecule has 0 spiro atoms. The number of carbonyl (C=O) groups is 2. The van der Waals surface area contributed by atoms with Gasteiger partial charge in [-0.1, -0.05) is 0 Å². The molecule has 0 bridgehead atoms. The van der Waals surface area contributed by atoms with Gasteiger partial charge in [0.05, 0.1) is 12.5 Å². The maximum Gasteiger partial charge on any atom is 0.329 e. The highest BCUT2D eigenvalue weighted by Crippen LogP contribution is 2.14. The lowest BCUT2D eigenvalue weighted by molar-refractivity contribution is -0.156. The molecule has 94 valence electrons. The van der Waals surface area contributed by atoms with E-state index >= 15 is 0 Å². The molecular formula is C10H20N2O4. The second kappa shape index (κ2) is 5.81. The Morgan fingerprint density at radius 1 is 1.50 bits per heavy atom. The van der Waals surface area contributed by atoms with Gasteiger partial charge in [-0.3, -0.25) is 4.79 Å². The van der Waals surface area contributed by atoms with Crippen molar-refractivity contribution in [3.05, 3.63) is 0 Å². The smallest absolute Gasteiger partial charge is 0.329 e. The van der Waals surface area contributed by atoms with E-state index < -0.39 is 11.5 Å². The Balaban J connectivity index is 4.56. The third-order valence-corrected chi connectivity index (χ3v) is 2.73. The number of carboxylic acids is 1. The van der Waals surface area contributed by atoms with Crippen LogP contribution in [0.5, 0.6) is 0 Å². The first-order valence-electron chi connectivity index (χ1n) is 5.00. The second-order valence-electron chi connectivity index (χ2n) is 4.11. The molecule has 6 heteroatoms. The number of aliphatic carboxylic acids is 1. The van der Waals surface area contributed by atoms with Crippen LogP contribution in [-0.4, -0.2) is 54.2 Å². The highest BCUT2D eigenvalue weighted by atomic mass is 16.5. The molecule has 0 aromatic heterocycles. The van der Waals surface area contributed by atoms with Crippen LogP contribution in [0.2, 0.25) is 0 Å². The summed E-state index contributed by atoms with van der Waals surface area (Å²) in [6.45, 7) is 3.17. The zero-order valence-corrected chi connectivity index (χ0v) is 10.2. The van der Waals surface area contributed by atoms with Crippen molar-refractivity contribution in [1.82, 2.24) is 4.90 Å². The molecule has 0 aromatic rings. The molecule has 16 heavy (non-hydrogen) atoms. The van der Waals surface area contributed by atoms with Gasteiger partial charge in [-0.15, -0.1) is 0 Å². The topological polar surface area (TPSA) is 92.9 Å². The maximum atomic E-state index is 11.7. The van der Waals surface area contributed by atoms with Gasteiger partial charge in [0.2, 0.25) is 5.91 Å². The standard InChI is InChI=1S/C10H20N2O4/c1-10(2,9(14)15)12(3)8(13)5-7(6-11)16-4/h7H,5-6,11H2,1-4H3,(H,14,15). The number of rotatable bonds is 6. The monoisotopic (exact) mass is 232 g/mol. The summed E-state index contributed by atoms with van der Waals surface area (Å²) in [4.78, 5) is 23.9. The number of carbonyl (C=O) groups excluding carboxylic acids is 1. The van der Waals surface area contributed by atoms with E-state index in [1.165, 1.54) is 32.9 Å². The van der Waals surface area contributed by atoms with Crippen LogP contribution in [0, 0.1) is 0 Å². The summed E-state index contributed by atoms with van der Waals surface area (Å²) in [6.07, 6.45) is -0.292. The number of methoxy groups -OCH3 is 1. The van der Waals surface area contributed by atoms with Crippen LogP contribution in [0.15, 0.2) is 0 Å². The second-order valence-corrected chi connectivity index (χ2v) is 4.11. The summed E-state index contributed by atoms with van der Waals surface area (Å²) >= 11 is 0. The Bertz CT molecular complexity index is 262. The van der Waals surface area contributed by atoms with Crippen LogP contribution in [0.3, 0.4) is 0 Å². The molecule has 0 rings (SSSR count). The number of hydrogen-bond acceptors (Lipinski definition) is 4. The molecule has 0 aliphatic carbocycles. The summed E-state index contributed by atoms with van der Waals surface area (Å²) in [7, 11) is 2.92. The molecule has 0 heterocycles. The zero-order chi connectivity index (χ0) is 12.9. The molecule has 0 saturated carbocycles. The number of likely N-dealkylation sites (N-methyl/N-ethyl adjacent to an activating group) is 1. The lowest BCUT2D eigenvalue weighted by Crippen LogP contribution is -2.51. The minimum atomic E-state index is -1.23. The van der Waals surface area contributed by atoms with Gasteiger partial charge in [-0.25, -0.2) is 4.79 Å². The van der Waals surface area contributed by atoms with Crippen LogP contribution in [0.1, 0.15) is 20.3 Å². The van der Waals surface area contributed by atoms with Crippen LogP contribution in [0.25, 0.3) is 0 Å². The Morgan fingerprint density at radius 3 is 2.31 bits per heavy atom. The van der Waals surface area contributed by atoms with Crippen molar-refractivity contribution in [1.29, 1.82) is 0 Å². The molecule has 1 unspecified atom stereocenters. The van der Waals surface area contributed by atoms with E-state index in [0.29, 0.717) is 0 Å². The third-order valence-electron chi connectivity index (χ3n) is 2.73. The fraction of sp³-hybridized carbons (Fsp3) is 0.800. The molecule has 0 aliphatic heterocycles. The van der Waals surface area contributed by atoms with Gasteiger partial charge < -0.3 is 20.5 Å². The first-order chi connectivity index (χ1) is 7.27. The fourth-order valence-corrected chi connectivity index (χ4v) is 1.05. The van der Waals surface area contributed by atoms with E-state index in [-0.39, 0.29) is 25.0 Å². The van der Waals surface area contributed by atoms with Gasteiger partial charge in [0.15, 0.2) is 0 Å². The third kappa shape index (κ3) is 3.46. The van der Waals surface area contributed by atoms with E-state index in [4.69, 9.17) is 15.6 Å². The van der Waals surface area contributed by atoms with Gasteiger partial charge in [0, 0.05) is 20.7 Å². The first-order valence-corrected chi connectivity index (χ1v) is 5.00. The number of nitrogens with two attached hydrogens (primary N) is 1. The van der Waals surface area contributed by atoms with E-state index in [1.54, 1.807) is 0 Å². The van der Waals surface area contributed by atoms with Crippen molar-refractivity contribution in [2.24, 2.45) is 5.73 Å². The summed E-state index contributed by atoms with van der Waals surface area (Å²) in [5.41, 5.74) is 4.16. The number of ether oxygens (including phenoxy) is 1. The van der Waals surface area contributed by atoms with Crippen molar-refractivity contribution in [2.45, 2.75) is 31.9 Å². The van der Waals surface area contributed by atoms with Crippen molar-refractivity contribution >= 4 is 11.9 Å². The average Bonchev–Trinajstić information content (AvgIpc) is 2.23. The van der Waals surface area contributed by atoms with E-state index in [1.807, 2.05) is 0 Å². The summed E-state index contributed by atoms with van der Waals surface area (Å²) in [6, 6.07) is 0. The summed E-state index contributed by atoms with van der Waals surface area (Å²) in [5, 5.41) is 8.96. The van der Waals surface area contributed by atoms with Crippen molar-refractivity contribution in [2.75, 3.05) is 20.7 Å². The largest absolute Gasteiger partial charge is 0.480 e. The normalized spacial score (nSPS) is 13.3. The predicted molar refractivity (Wildman–Crippen MR) is 59.0 cm³/mol. The molecule has 3 N–H and O–H groups in total. The minimum absolute atomic E-state index is 0.0835. The van der Waals surface area contributed by atoms with E-state index in [9.17, 15) is 9.59 Å². The average molecular weight is 232 g/mol. The Labute approximate surface area is 95.4 Å². The first kappa shape index (κ1) is 14.9.